The van der Waals surface area contributed by atoms with Crippen LogP contribution in [0.5, 0.6) is 0 Å². The number of nitrogens with two attached hydrogens (primary N) is 1. The maximum Gasteiger partial charge on any atom is 0.220 e. The van der Waals surface area contributed by atoms with E-state index in [2.05, 4.69) is 12.2 Å². The smallest absolute Gasteiger partial charge is 0.220 e. The van der Waals surface area contributed by atoms with Crippen molar-refractivity contribution < 1.29 is 9.53 Å². The Hall–Kier alpha value is -0.610. The molecule has 3 N–H and O–H groups in total. The van der Waals surface area contributed by atoms with Crippen LogP contribution in [0, 0.1) is 5.92 Å². The van der Waals surface area contributed by atoms with E-state index in [-0.39, 0.29) is 5.91 Å². The third-order valence-electron chi connectivity index (χ3n) is 3.81. The van der Waals surface area contributed by atoms with Gasteiger partial charge >= 0.3 is 0 Å². The molecule has 0 radical (unpaired) electrons. The molecule has 0 aliphatic heterocycles. The van der Waals surface area contributed by atoms with Gasteiger partial charge in [0.05, 0.1) is 0 Å². The second kappa shape index (κ2) is 10.2. The predicted molar refractivity (Wildman–Crippen MR) is 77.9 cm³/mol. The van der Waals surface area contributed by atoms with Crippen LogP contribution in [-0.2, 0) is 9.53 Å². The third kappa shape index (κ3) is 8.22. The zero-order valence-corrected chi connectivity index (χ0v) is 12.3. The quantitative estimate of drug-likeness (QED) is 0.631. The molecule has 0 bridgehead atoms. The first-order valence-electron chi connectivity index (χ1n) is 7.82. The number of nitrogens with one attached hydrogen (secondary N) is 1. The van der Waals surface area contributed by atoms with E-state index >= 15 is 0 Å². The molecule has 4 heteroatoms. The van der Waals surface area contributed by atoms with Crippen molar-refractivity contribution in [2.24, 2.45) is 11.7 Å². The van der Waals surface area contributed by atoms with E-state index in [1.54, 1.807) is 0 Å². The minimum absolute atomic E-state index is 0.186. The van der Waals surface area contributed by atoms with E-state index in [0.717, 1.165) is 51.9 Å². The summed E-state index contributed by atoms with van der Waals surface area (Å²) < 4.78 is 5.37. The Morgan fingerprint density at radius 2 is 2.00 bits per heavy atom. The van der Waals surface area contributed by atoms with E-state index in [9.17, 15) is 4.79 Å². The highest BCUT2D eigenvalue weighted by molar-refractivity contribution is 5.75. The van der Waals surface area contributed by atoms with E-state index in [4.69, 9.17) is 10.5 Å². The van der Waals surface area contributed by atoms with Crippen LogP contribution in [0.3, 0.4) is 0 Å². The Bertz CT molecular complexity index is 238. The fourth-order valence-electron chi connectivity index (χ4n) is 2.55. The summed E-state index contributed by atoms with van der Waals surface area (Å²) in [6.07, 6.45) is 8.28. The van der Waals surface area contributed by atoms with Crippen LogP contribution in [0.1, 0.15) is 58.3 Å². The molecule has 1 saturated carbocycles. The zero-order valence-electron chi connectivity index (χ0n) is 12.3. The first-order chi connectivity index (χ1) is 9.22. The number of carbonyl (C=O) groups excluding carboxylic acids is 1. The van der Waals surface area contributed by atoms with Crippen LogP contribution in [0.4, 0.5) is 0 Å². The highest BCUT2D eigenvalue weighted by Crippen LogP contribution is 2.26. The number of ether oxygens (including phenoxy) is 1. The molecule has 1 fully saturated rings. The predicted octanol–water partition coefficient (Wildman–Crippen LogP) is 2.22. The topological polar surface area (TPSA) is 64.3 Å². The summed E-state index contributed by atoms with van der Waals surface area (Å²) in [4.78, 5) is 11.7. The van der Waals surface area contributed by atoms with E-state index in [0.29, 0.717) is 18.4 Å². The van der Waals surface area contributed by atoms with Crippen LogP contribution >= 0.6 is 0 Å². The summed E-state index contributed by atoms with van der Waals surface area (Å²) in [7, 11) is 0. The Kier molecular flexibility index (Phi) is 8.84. The lowest BCUT2D eigenvalue weighted by molar-refractivity contribution is -0.121. The van der Waals surface area contributed by atoms with Gasteiger partial charge in [-0.3, -0.25) is 4.79 Å². The van der Waals surface area contributed by atoms with Gasteiger partial charge in [0.1, 0.15) is 0 Å². The Balaban J connectivity index is 1.93. The van der Waals surface area contributed by atoms with Crippen molar-refractivity contribution in [1.29, 1.82) is 0 Å². The van der Waals surface area contributed by atoms with Gasteiger partial charge in [-0.15, -0.1) is 0 Å². The second-order valence-corrected chi connectivity index (χ2v) is 5.64. The summed E-state index contributed by atoms with van der Waals surface area (Å²) in [5.74, 6) is 0.892. The zero-order chi connectivity index (χ0) is 13.9. The molecule has 1 aliphatic carbocycles. The molecule has 0 aromatic heterocycles. The minimum Gasteiger partial charge on any atom is -0.381 e. The molecule has 19 heavy (non-hydrogen) atoms. The van der Waals surface area contributed by atoms with Gasteiger partial charge in [0.15, 0.2) is 0 Å². The molecule has 0 heterocycles. The van der Waals surface area contributed by atoms with Crippen LogP contribution in [0.2, 0.25) is 0 Å². The molecule has 0 aromatic carbocycles. The van der Waals surface area contributed by atoms with Gasteiger partial charge in [-0.05, 0) is 50.9 Å². The van der Waals surface area contributed by atoms with Gasteiger partial charge in [0, 0.05) is 32.2 Å². The maximum atomic E-state index is 11.7. The SMILES string of the molecule is CCCOCCCNC(=O)CCC1CCC(N)CC1. The first-order valence-corrected chi connectivity index (χ1v) is 7.82. The van der Waals surface area contributed by atoms with Crippen molar-refractivity contribution in [2.75, 3.05) is 19.8 Å². The summed E-state index contributed by atoms with van der Waals surface area (Å²) >= 11 is 0. The van der Waals surface area contributed by atoms with Crippen molar-refractivity contribution in [2.45, 2.75) is 64.3 Å². The minimum atomic E-state index is 0.186. The van der Waals surface area contributed by atoms with Crippen molar-refractivity contribution >= 4 is 5.91 Å². The molecule has 0 unspecified atom stereocenters. The van der Waals surface area contributed by atoms with Crippen molar-refractivity contribution in [1.82, 2.24) is 5.32 Å². The monoisotopic (exact) mass is 270 g/mol. The van der Waals surface area contributed by atoms with E-state index in [1.165, 1.54) is 12.8 Å². The van der Waals surface area contributed by atoms with Crippen LogP contribution in [0.25, 0.3) is 0 Å². The lowest BCUT2D eigenvalue weighted by Gasteiger charge is -2.25. The molecule has 1 rings (SSSR count). The highest BCUT2D eigenvalue weighted by atomic mass is 16.5. The van der Waals surface area contributed by atoms with Gasteiger partial charge < -0.3 is 15.8 Å². The lowest BCUT2D eigenvalue weighted by atomic mass is 9.84. The van der Waals surface area contributed by atoms with Gasteiger partial charge in [0.2, 0.25) is 5.91 Å². The highest BCUT2D eigenvalue weighted by Gasteiger charge is 2.18. The number of amides is 1. The number of hydrogen-bond donors (Lipinski definition) is 2. The third-order valence-corrected chi connectivity index (χ3v) is 3.81. The first kappa shape index (κ1) is 16.4. The van der Waals surface area contributed by atoms with Crippen LogP contribution in [-0.4, -0.2) is 31.7 Å². The molecule has 0 spiro atoms. The summed E-state index contributed by atoms with van der Waals surface area (Å²) in [6.45, 7) is 4.39. The number of rotatable bonds is 9. The molecule has 4 nitrogen and oxygen atoms in total. The standard InChI is InChI=1S/C15H30N2O2/c1-2-11-19-12-3-10-17-15(18)9-6-13-4-7-14(16)8-5-13/h13-14H,2-12,16H2,1H3,(H,17,18). The number of carbonyl (C=O) groups is 1. The summed E-state index contributed by atoms with van der Waals surface area (Å²) in [5, 5.41) is 2.96. The van der Waals surface area contributed by atoms with Crippen LogP contribution in [0.15, 0.2) is 0 Å². The van der Waals surface area contributed by atoms with Gasteiger partial charge in [-0.1, -0.05) is 6.92 Å². The Labute approximate surface area is 117 Å². The maximum absolute atomic E-state index is 11.7. The normalized spacial score (nSPS) is 23.3. The van der Waals surface area contributed by atoms with E-state index in [1.807, 2.05) is 0 Å². The number of hydrogen-bond acceptors (Lipinski definition) is 3. The van der Waals surface area contributed by atoms with E-state index < -0.39 is 0 Å². The molecule has 1 amide bonds. The Morgan fingerprint density at radius 3 is 2.68 bits per heavy atom. The molecular weight excluding hydrogens is 240 g/mol. The van der Waals surface area contributed by atoms with Gasteiger partial charge in [-0.25, -0.2) is 0 Å². The van der Waals surface area contributed by atoms with Gasteiger partial charge in [0.25, 0.3) is 0 Å². The molecular formula is C15H30N2O2. The largest absolute Gasteiger partial charge is 0.381 e. The molecule has 1 aliphatic rings. The van der Waals surface area contributed by atoms with Gasteiger partial charge in [-0.2, -0.15) is 0 Å². The average molecular weight is 270 g/mol. The molecule has 112 valence electrons. The summed E-state index contributed by atoms with van der Waals surface area (Å²) in [6, 6.07) is 0.396. The molecule has 0 aromatic rings. The summed E-state index contributed by atoms with van der Waals surface area (Å²) in [5.41, 5.74) is 5.88. The Morgan fingerprint density at radius 1 is 1.26 bits per heavy atom. The molecule has 0 saturated heterocycles. The second-order valence-electron chi connectivity index (χ2n) is 5.64. The fraction of sp³-hybridized carbons (Fsp3) is 0.933. The lowest BCUT2D eigenvalue weighted by Crippen LogP contribution is -2.28. The van der Waals surface area contributed by atoms with Crippen molar-refractivity contribution in [3.05, 3.63) is 0 Å². The average Bonchev–Trinajstić information content (AvgIpc) is 2.42. The molecule has 0 atom stereocenters. The van der Waals surface area contributed by atoms with Crippen LogP contribution < -0.4 is 11.1 Å². The van der Waals surface area contributed by atoms with Crippen molar-refractivity contribution in [3.63, 3.8) is 0 Å². The van der Waals surface area contributed by atoms with Crippen molar-refractivity contribution in [3.8, 4) is 0 Å². The fourth-order valence-corrected chi connectivity index (χ4v) is 2.55.